The average Bonchev–Trinajstić information content (AvgIpc) is 2.66. The van der Waals surface area contributed by atoms with Crippen LogP contribution in [0, 0.1) is 6.92 Å². The molecule has 1 aliphatic rings. The van der Waals surface area contributed by atoms with Gasteiger partial charge in [-0.05, 0) is 29.8 Å². The second kappa shape index (κ2) is 4.78. The first kappa shape index (κ1) is 11.3. The van der Waals surface area contributed by atoms with Gasteiger partial charge < -0.3 is 10.2 Å². The number of hydrogen-bond donors (Lipinski definition) is 1. The SMILES string of the molecule is Cc1ncc(Br)c(NCC2=NOC(C)C2)n1. The minimum Gasteiger partial charge on any atom is -0.392 e. The number of aromatic nitrogens is 2. The van der Waals surface area contributed by atoms with Gasteiger partial charge >= 0.3 is 0 Å². The highest BCUT2D eigenvalue weighted by atomic mass is 79.9. The summed E-state index contributed by atoms with van der Waals surface area (Å²) in [6.45, 7) is 4.51. The van der Waals surface area contributed by atoms with E-state index in [0.717, 1.165) is 28.2 Å². The van der Waals surface area contributed by atoms with Crippen LogP contribution in [0.15, 0.2) is 15.8 Å². The third-order valence-electron chi connectivity index (χ3n) is 2.21. The Morgan fingerprint density at radius 3 is 3.12 bits per heavy atom. The molecule has 2 heterocycles. The molecular weight excluding hydrogens is 272 g/mol. The molecule has 0 radical (unpaired) electrons. The summed E-state index contributed by atoms with van der Waals surface area (Å²) >= 11 is 3.39. The monoisotopic (exact) mass is 284 g/mol. The molecule has 1 aromatic heterocycles. The molecular formula is C10H13BrN4O. The summed E-state index contributed by atoms with van der Waals surface area (Å²) in [5.74, 6) is 1.53. The van der Waals surface area contributed by atoms with Gasteiger partial charge in [0.2, 0.25) is 0 Å². The van der Waals surface area contributed by atoms with Crippen molar-refractivity contribution in [2.75, 3.05) is 11.9 Å². The van der Waals surface area contributed by atoms with E-state index >= 15 is 0 Å². The largest absolute Gasteiger partial charge is 0.392 e. The van der Waals surface area contributed by atoms with Crippen molar-refractivity contribution in [2.45, 2.75) is 26.4 Å². The third-order valence-corrected chi connectivity index (χ3v) is 2.79. The van der Waals surface area contributed by atoms with Crippen molar-refractivity contribution in [3.8, 4) is 0 Å². The first-order valence-electron chi connectivity index (χ1n) is 5.09. The number of nitrogens with one attached hydrogen (secondary N) is 1. The Balaban J connectivity index is 1.97. The minimum absolute atomic E-state index is 0.187. The minimum atomic E-state index is 0.187. The Morgan fingerprint density at radius 2 is 2.44 bits per heavy atom. The molecule has 6 heteroatoms. The van der Waals surface area contributed by atoms with Gasteiger partial charge in [0.15, 0.2) is 0 Å². The van der Waals surface area contributed by atoms with E-state index in [1.54, 1.807) is 6.20 Å². The van der Waals surface area contributed by atoms with Crippen LogP contribution in [-0.2, 0) is 4.84 Å². The summed E-state index contributed by atoms with van der Waals surface area (Å²) < 4.78 is 0.852. The summed E-state index contributed by atoms with van der Waals surface area (Å²) in [7, 11) is 0. The Bertz CT molecular complexity index is 421. The van der Waals surface area contributed by atoms with E-state index < -0.39 is 0 Å². The van der Waals surface area contributed by atoms with E-state index in [1.807, 2.05) is 13.8 Å². The van der Waals surface area contributed by atoms with Gasteiger partial charge in [0.25, 0.3) is 0 Å². The molecule has 1 atom stereocenters. The Morgan fingerprint density at radius 1 is 1.62 bits per heavy atom. The molecule has 1 aromatic rings. The normalized spacial score (nSPS) is 19.2. The van der Waals surface area contributed by atoms with E-state index in [0.29, 0.717) is 6.54 Å². The predicted octanol–water partition coefficient (Wildman–Crippen LogP) is 2.12. The molecule has 0 bridgehead atoms. The number of hydrogen-bond acceptors (Lipinski definition) is 5. The van der Waals surface area contributed by atoms with E-state index in [-0.39, 0.29) is 6.10 Å². The number of anilines is 1. The van der Waals surface area contributed by atoms with Crippen molar-refractivity contribution in [2.24, 2.45) is 5.16 Å². The van der Waals surface area contributed by atoms with Crippen molar-refractivity contribution in [3.63, 3.8) is 0 Å². The van der Waals surface area contributed by atoms with Gasteiger partial charge in [-0.15, -0.1) is 0 Å². The van der Waals surface area contributed by atoms with Crippen molar-refractivity contribution in [1.82, 2.24) is 9.97 Å². The van der Waals surface area contributed by atoms with Crippen molar-refractivity contribution < 1.29 is 4.84 Å². The lowest BCUT2D eigenvalue weighted by atomic mass is 10.2. The van der Waals surface area contributed by atoms with Crippen molar-refractivity contribution in [1.29, 1.82) is 0 Å². The molecule has 1 unspecified atom stereocenters. The van der Waals surface area contributed by atoms with E-state index in [9.17, 15) is 0 Å². The molecule has 86 valence electrons. The standard InChI is InChI=1S/C10H13BrN4O/c1-6-3-8(15-16-6)4-13-10-9(11)5-12-7(2)14-10/h5-6H,3-4H2,1-2H3,(H,12,13,14). The number of oxime groups is 1. The summed E-state index contributed by atoms with van der Waals surface area (Å²) in [5.41, 5.74) is 1.01. The topological polar surface area (TPSA) is 59.4 Å². The molecule has 0 saturated carbocycles. The molecule has 16 heavy (non-hydrogen) atoms. The zero-order valence-electron chi connectivity index (χ0n) is 9.20. The fourth-order valence-electron chi connectivity index (χ4n) is 1.44. The molecule has 1 N–H and O–H groups in total. The average molecular weight is 285 g/mol. The van der Waals surface area contributed by atoms with Crippen LogP contribution >= 0.6 is 15.9 Å². The van der Waals surface area contributed by atoms with Crippen LogP contribution in [0.2, 0.25) is 0 Å². The molecule has 2 rings (SSSR count). The molecule has 0 amide bonds. The highest BCUT2D eigenvalue weighted by Gasteiger charge is 2.16. The molecule has 0 fully saturated rings. The fraction of sp³-hybridized carbons (Fsp3) is 0.500. The maximum absolute atomic E-state index is 5.11. The van der Waals surface area contributed by atoms with Crippen LogP contribution in [-0.4, -0.2) is 28.3 Å². The number of rotatable bonds is 3. The summed E-state index contributed by atoms with van der Waals surface area (Å²) in [5, 5.41) is 7.19. The molecule has 0 saturated heterocycles. The summed E-state index contributed by atoms with van der Waals surface area (Å²) in [6.07, 6.45) is 2.79. The number of aryl methyl sites for hydroxylation is 1. The zero-order chi connectivity index (χ0) is 11.5. The van der Waals surface area contributed by atoms with Gasteiger partial charge in [-0.3, -0.25) is 0 Å². The maximum Gasteiger partial charge on any atom is 0.144 e. The van der Waals surface area contributed by atoms with E-state index in [2.05, 4.69) is 36.4 Å². The van der Waals surface area contributed by atoms with Gasteiger partial charge in [0.05, 0.1) is 16.7 Å². The third kappa shape index (κ3) is 2.69. The van der Waals surface area contributed by atoms with E-state index in [4.69, 9.17) is 4.84 Å². The predicted molar refractivity (Wildman–Crippen MR) is 65.6 cm³/mol. The van der Waals surface area contributed by atoms with Gasteiger partial charge in [0, 0.05) is 12.6 Å². The lowest BCUT2D eigenvalue weighted by Gasteiger charge is -2.06. The fourth-order valence-corrected chi connectivity index (χ4v) is 1.77. The van der Waals surface area contributed by atoms with Gasteiger partial charge in [-0.25, -0.2) is 9.97 Å². The van der Waals surface area contributed by atoms with Crippen LogP contribution in [0.5, 0.6) is 0 Å². The Labute approximate surface area is 102 Å². The van der Waals surface area contributed by atoms with Crippen LogP contribution < -0.4 is 5.32 Å². The van der Waals surface area contributed by atoms with Crippen LogP contribution in [0.25, 0.3) is 0 Å². The highest BCUT2D eigenvalue weighted by molar-refractivity contribution is 9.10. The molecule has 5 nitrogen and oxygen atoms in total. The molecule has 0 aromatic carbocycles. The number of halogens is 1. The quantitative estimate of drug-likeness (QED) is 0.924. The zero-order valence-corrected chi connectivity index (χ0v) is 10.8. The van der Waals surface area contributed by atoms with Crippen LogP contribution in [0.1, 0.15) is 19.2 Å². The van der Waals surface area contributed by atoms with Gasteiger partial charge in [-0.2, -0.15) is 0 Å². The Hall–Kier alpha value is -1.17. The second-order valence-corrected chi connectivity index (χ2v) is 4.60. The first-order valence-corrected chi connectivity index (χ1v) is 5.89. The summed E-state index contributed by atoms with van der Waals surface area (Å²) in [6, 6.07) is 0. The van der Waals surface area contributed by atoms with Crippen molar-refractivity contribution >= 4 is 27.5 Å². The first-order chi connectivity index (χ1) is 7.65. The van der Waals surface area contributed by atoms with Gasteiger partial charge in [0.1, 0.15) is 17.7 Å². The highest BCUT2D eigenvalue weighted by Crippen LogP contribution is 2.18. The van der Waals surface area contributed by atoms with E-state index in [1.165, 1.54) is 0 Å². The lowest BCUT2D eigenvalue weighted by molar-refractivity contribution is 0.0995. The van der Waals surface area contributed by atoms with Crippen LogP contribution in [0.3, 0.4) is 0 Å². The van der Waals surface area contributed by atoms with Gasteiger partial charge in [-0.1, -0.05) is 5.16 Å². The second-order valence-electron chi connectivity index (χ2n) is 3.74. The Kier molecular flexibility index (Phi) is 3.38. The van der Waals surface area contributed by atoms with Crippen molar-refractivity contribution in [3.05, 3.63) is 16.5 Å². The molecule has 1 aliphatic heterocycles. The molecule has 0 spiro atoms. The van der Waals surface area contributed by atoms with Crippen LogP contribution in [0.4, 0.5) is 5.82 Å². The number of nitrogens with zero attached hydrogens (tertiary/aromatic N) is 3. The summed E-state index contributed by atoms with van der Waals surface area (Å²) in [4.78, 5) is 13.5. The lowest BCUT2D eigenvalue weighted by Crippen LogP contribution is -2.15. The maximum atomic E-state index is 5.11. The smallest absolute Gasteiger partial charge is 0.144 e. The molecule has 0 aliphatic carbocycles.